The van der Waals surface area contributed by atoms with Crippen molar-refractivity contribution in [3.63, 3.8) is 0 Å². The number of likely N-dealkylation sites (N-methyl/N-ethyl adjacent to an activating group) is 2. The SMILES string of the molecule is C=CCOC(=O)NCC1(OCC(=O)NCCC(=O)NCc2cc(COC(=O)N(C)[C@H](C(=O)N[C@H](C(=O)N(C)[C@@H]([C@@H](C)CC)[C@@H](CC(=O)N3CCC[C@H]3[C@H](OC)[C@@H](C)C(=O)N[C@H](C)[C@@H](O)c3ccccc3)OC)C(C)C)C(C)C)ccc2O[C@@H]2O[C@H](C(=O)OCC=C)[C@@H](OC(C)=O)[C@H](OC(C)=O)[C@H]2OC(C)=O)CN(C(=O)CCOCCOCCOCCOCCOCCOCCOCCOCCOCCOCCOCCOC)C1. The number of hydrogen-bond donors (Lipinski definition) is 6. The van der Waals surface area contributed by atoms with Gasteiger partial charge >= 0.3 is 36.1 Å². The van der Waals surface area contributed by atoms with Gasteiger partial charge in [0.05, 0.1) is 227 Å². The Kier molecular flexibility index (Phi) is 62.6. The Balaban J connectivity index is 1.16. The van der Waals surface area contributed by atoms with Crippen LogP contribution in [0.4, 0.5) is 9.59 Å². The predicted molar refractivity (Wildman–Crippen MR) is 532 cm³/mol. The van der Waals surface area contributed by atoms with Gasteiger partial charge in [-0.3, -0.25) is 52.8 Å². The van der Waals surface area contributed by atoms with E-state index >= 15 is 4.79 Å². The maximum absolute atomic E-state index is 15.1. The first kappa shape index (κ1) is 128. The molecule has 2 aromatic carbocycles. The lowest BCUT2D eigenvalue weighted by Gasteiger charge is -2.49. The summed E-state index contributed by atoms with van der Waals surface area (Å²) < 4.78 is 129. The van der Waals surface area contributed by atoms with Gasteiger partial charge in [0.1, 0.15) is 49.9 Å². The highest BCUT2D eigenvalue weighted by atomic mass is 16.7. The lowest BCUT2D eigenvalue weighted by molar-refractivity contribution is -0.282. The molecule has 46 heteroatoms. The number of aliphatic hydroxyl groups is 1. The van der Waals surface area contributed by atoms with Crippen LogP contribution in [0.15, 0.2) is 73.8 Å². The number of alkyl carbamates (subject to hydrolysis) is 1. The Hall–Kier alpha value is -10.2. The standard InChI is InChI=1S/C102H163N9O37/c1-19-35-140-98(123)93-91(144-73(11)112)92(145-74(12)113)94(146-75(13)114)99(148-93)147-80-30-29-76(63-142-101(125)109(15)87(69(6)7)96(121)107-86(68(4)5)97(122)108(14)88(70(8)21-3)81(127-17)61-85(118)111-34-25-28-79(111)90(128-18)71(9)95(120)106-72(10)89(119)77-26-23-22-24-27-77)60-78(80)62-104-82(115)31-33-103-83(116)64-143-102(65-105-100(124)141-36-20-2)66-110(67-102)84(117)32-37-129-40-41-131-44-45-133-48-49-135-52-53-137-56-57-139-59-58-138-55-54-136-51-50-134-47-46-132-43-42-130-39-38-126-16/h19-20,22-24,26-27,29-30,60,68-72,79,81,86-94,99,119H,1-2,21,25,28,31-59,61-67H2,3-18H3,(H,103,116)(H,104,115)(H,105,124)(H,106,120)(H,107,121)/t70-,71+,72+,79-,81+,86-,87-,88-,89+,90+,91-,92-,93-,94+,99+/m0/s1. The molecule has 0 spiro atoms. The molecular formula is C102H163N9O37. The summed E-state index contributed by atoms with van der Waals surface area (Å²) >= 11 is 0. The number of ether oxygens (including phenoxy) is 23. The monoisotopic (exact) mass is 2110 g/mol. The van der Waals surface area contributed by atoms with Crippen LogP contribution in [0.3, 0.4) is 0 Å². The van der Waals surface area contributed by atoms with Crippen LogP contribution in [0, 0.1) is 23.7 Å². The fourth-order valence-electron chi connectivity index (χ4n) is 16.4. The van der Waals surface area contributed by atoms with Crippen LogP contribution in [0.2, 0.25) is 0 Å². The number of carbonyl (C=O) groups is 13. The van der Waals surface area contributed by atoms with Crippen LogP contribution in [0.5, 0.6) is 5.75 Å². The van der Waals surface area contributed by atoms with Crippen LogP contribution in [0.1, 0.15) is 137 Å². The Morgan fingerprint density at radius 3 is 1.59 bits per heavy atom. The minimum atomic E-state index is -1.91. The number of nitrogens with one attached hydrogen (secondary N) is 5. The molecule has 3 saturated heterocycles. The minimum Gasteiger partial charge on any atom is -0.460 e. The van der Waals surface area contributed by atoms with E-state index in [9.17, 15) is 62.6 Å². The molecule has 3 aliphatic rings. The maximum Gasteiger partial charge on any atom is 0.410 e. The number of nitrogens with zero attached hydrogens (tertiary/aromatic N) is 4. The number of aliphatic hydroxyl groups excluding tert-OH is 1. The first-order chi connectivity index (χ1) is 71.0. The molecule has 148 heavy (non-hydrogen) atoms. The van der Waals surface area contributed by atoms with Crippen LogP contribution in [0.25, 0.3) is 0 Å². The van der Waals surface area contributed by atoms with Gasteiger partial charge in [0.15, 0.2) is 18.3 Å². The summed E-state index contributed by atoms with van der Waals surface area (Å²) in [5.74, 6) is -9.82. The van der Waals surface area contributed by atoms with E-state index in [4.69, 9.17) is 109 Å². The molecule has 0 unspecified atom stereocenters. The molecule has 3 heterocycles. The van der Waals surface area contributed by atoms with E-state index in [0.29, 0.717) is 164 Å². The molecule has 3 fully saturated rings. The summed E-state index contributed by atoms with van der Waals surface area (Å²) in [5, 5.41) is 24.9. The van der Waals surface area contributed by atoms with E-state index in [1.165, 1.54) is 61.4 Å². The number of amides is 9. The van der Waals surface area contributed by atoms with Gasteiger partial charge in [0.25, 0.3) is 0 Å². The molecule has 6 N–H and O–H groups in total. The van der Waals surface area contributed by atoms with Crippen molar-refractivity contribution in [1.29, 1.82) is 0 Å². The van der Waals surface area contributed by atoms with Crippen molar-refractivity contribution in [2.24, 2.45) is 23.7 Å². The van der Waals surface area contributed by atoms with Crippen LogP contribution >= 0.6 is 0 Å². The topological polar surface area (TPSA) is 528 Å². The number of esters is 4. The molecule has 0 bridgehead atoms. The summed E-state index contributed by atoms with van der Waals surface area (Å²) in [5.41, 5.74) is -0.265. The first-order valence-electron chi connectivity index (χ1n) is 50.4. The number of rotatable bonds is 78. The third-order valence-electron chi connectivity index (χ3n) is 24.3. The second-order valence-corrected chi connectivity index (χ2v) is 36.3. The number of hydrogen-bond acceptors (Lipinski definition) is 37. The van der Waals surface area contributed by atoms with Crippen LogP contribution in [-0.4, -0.2) is 421 Å². The summed E-state index contributed by atoms with van der Waals surface area (Å²) in [6.07, 6.45) is -9.73. The Morgan fingerprint density at radius 2 is 1.09 bits per heavy atom. The number of carbonyl (C=O) groups excluding carboxylic acids is 13. The lowest BCUT2D eigenvalue weighted by atomic mass is 9.89. The Labute approximate surface area is 868 Å². The molecule has 5 rings (SSSR count). The largest absolute Gasteiger partial charge is 0.460 e. The molecular weight excluding hydrogens is 1940 g/mol. The second-order valence-electron chi connectivity index (χ2n) is 36.3. The first-order valence-corrected chi connectivity index (χ1v) is 50.4. The predicted octanol–water partition coefficient (Wildman–Crippen LogP) is 4.06. The van der Waals surface area contributed by atoms with Gasteiger partial charge in [-0.25, -0.2) is 14.4 Å². The van der Waals surface area contributed by atoms with E-state index in [1.807, 2.05) is 19.9 Å². The van der Waals surface area contributed by atoms with Crippen molar-refractivity contribution >= 4 is 77.4 Å². The molecule has 838 valence electrons. The Morgan fingerprint density at radius 1 is 0.568 bits per heavy atom. The molecule has 0 aromatic heterocycles. The Bertz CT molecular complexity index is 4290. The van der Waals surface area contributed by atoms with Gasteiger partial charge in [-0.2, -0.15) is 0 Å². The zero-order valence-corrected chi connectivity index (χ0v) is 89.0. The molecule has 15 atom stereocenters. The van der Waals surface area contributed by atoms with Gasteiger partial charge in [0, 0.05) is 87.8 Å². The van der Waals surface area contributed by atoms with Crippen molar-refractivity contribution < 1.29 is 176 Å². The van der Waals surface area contributed by atoms with Gasteiger partial charge < -0.3 is 155 Å². The number of methoxy groups -OCH3 is 3. The zero-order chi connectivity index (χ0) is 109. The maximum atomic E-state index is 15.1. The van der Waals surface area contributed by atoms with E-state index in [1.54, 1.807) is 84.9 Å². The van der Waals surface area contributed by atoms with Crippen molar-refractivity contribution in [2.45, 2.75) is 213 Å². The van der Waals surface area contributed by atoms with Crippen LogP contribution in [-0.2, 0) is 170 Å². The highest BCUT2D eigenvalue weighted by Crippen LogP contribution is 2.36. The number of benzene rings is 2. The van der Waals surface area contributed by atoms with E-state index in [2.05, 4.69) is 39.7 Å². The second kappa shape index (κ2) is 72.3. The summed E-state index contributed by atoms with van der Waals surface area (Å²) in [6, 6.07) is 8.90. The fourth-order valence-corrected chi connectivity index (χ4v) is 16.4. The zero-order valence-electron chi connectivity index (χ0n) is 89.0. The fraction of sp³-hybridized carbons (Fsp3) is 0.716. The average molecular weight is 2110 g/mol. The number of likely N-dealkylation sites (tertiary alicyclic amines) is 2. The van der Waals surface area contributed by atoms with Crippen molar-refractivity contribution in [1.82, 2.24) is 46.2 Å². The van der Waals surface area contributed by atoms with Gasteiger partial charge in [-0.1, -0.05) is 117 Å². The quantitative estimate of drug-likeness (QED) is 0.0235. The van der Waals surface area contributed by atoms with E-state index in [0.717, 1.165) is 25.7 Å². The summed E-state index contributed by atoms with van der Waals surface area (Å²) in [6.45, 7) is 31.4. The molecule has 0 saturated carbocycles. The van der Waals surface area contributed by atoms with Crippen molar-refractivity contribution in [3.8, 4) is 5.75 Å². The lowest BCUT2D eigenvalue weighted by Crippen LogP contribution is -2.69. The summed E-state index contributed by atoms with van der Waals surface area (Å²) in [7, 11) is 7.51. The normalized spacial score (nSPS) is 18.2. The average Bonchev–Trinajstić information content (AvgIpc) is 0.840. The molecule has 46 nitrogen and oxygen atoms in total. The van der Waals surface area contributed by atoms with Gasteiger partial charge in [0.2, 0.25) is 53.7 Å². The third-order valence-corrected chi connectivity index (χ3v) is 24.3. The minimum absolute atomic E-state index is 0.00391. The molecule has 9 amide bonds. The molecule has 0 radical (unpaired) electrons. The van der Waals surface area contributed by atoms with Gasteiger partial charge in [-0.15, -0.1) is 0 Å². The molecule has 0 aliphatic carbocycles. The molecule has 2 aromatic rings. The third kappa shape index (κ3) is 46.7. The highest BCUT2D eigenvalue weighted by molar-refractivity contribution is 5.92. The van der Waals surface area contributed by atoms with Crippen LogP contribution < -0.4 is 31.3 Å². The van der Waals surface area contributed by atoms with Crippen molar-refractivity contribution in [3.05, 3.63) is 90.5 Å². The van der Waals surface area contributed by atoms with Crippen molar-refractivity contribution in [2.75, 3.05) is 240 Å². The van der Waals surface area contributed by atoms with E-state index in [-0.39, 0.29) is 119 Å². The highest BCUT2D eigenvalue weighted by Gasteiger charge is 2.57. The van der Waals surface area contributed by atoms with Gasteiger partial charge in [-0.05, 0) is 60.8 Å². The summed E-state index contributed by atoms with van der Waals surface area (Å²) in [4.78, 5) is 184. The molecule has 3 aliphatic heterocycles. The smallest absolute Gasteiger partial charge is 0.410 e. The van der Waals surface area contributed by atoms with E-state index < -0.39 is 182 Å².